The fourth-order valence-electron chi connectivity index (χ4n) is 2.78. The van der Waals surface area contributed by atoms with Crippen LogP contribution in [0.2, 0.25) is 0 Å². The molecule has 0 saturated heterocycles. The lowest BCUT2D eigenvalue weighted by molar-refractivity contribution is -0.115. The maximum atomic E-state index is 12.8. The van der Waals surface area contributed by atoms with Crippen LogP contribution in [-0.4, -0.2) is 47.7 Å². The normalized spacial score (nSPS) is 11.1. The van der Waals surface area contributed by atoms with Gasteiger partial charge in [0.25, 0.3) is 5.91 Å². The van der Waals surface area contributed by atoms with Crippen LogP contribution < -0.4 is 16.8 Å². The van der Waals surface area contributed by atoms with Crippen LogP contribution in [0.25, 0.3) is 11.1 Å². The highest BCUT2D eigenvalue weighted by atomic mass is 32.2. The number of hydrogen-bond donors (Lipinski definition) is 2. The van der Waals surface area contributed by atoms with E-state index in [1.165, 1.54) is 11.8 Å². The predicted molar refractivity (Wildman–Crippen MR) is 113 cm³/mol. The van der Waals surface area contributed by atoms with E-state index in [-0.39, 0.29) is 11.7 Å². The van der Waals surface area contributed by atoms with Crippen molar-refractivity contribution in [2.75, 3.05) is 31.7 Å². The van der Waals surface area contributed by atoms with Crippen molar-refractivity contribution in [3.63, 3.8) is 0 Å². The van der Waals surface area contributed by atoms with Crippen molar-refractivity contribution in [1.82, 2.24) is 9.47 Å². The molecule has 3 rings (SSSR count). The number of fused-ring (bicyclic) bond motifs is 1. The quantitative estimate of drug-likeness (QED) is 0.546. The number of nitrogens with two attached hydrogens (primary N) is 1. The van der Waals surface area contributed by atoms with E-state index >= 15 is 0 Å². The Morgan fingerprint density at radius 2 is 1.97 bits per heavy atom. The Morgan fingerprint density at radius 3 is 2.69 bits per heavy atom. The van der Waals surface area contributed by atoms with E-state index in [2.05, 4.69) is 5.32 Å². The molecule has 0 aliphatic carbocycles. The Morgan fingerprint density at radius 1 is 1.21 bits per heavy atom. The molecule has 0 atom stereocenters. The first-order chi connectivity index (χ1) is 13.8. The van der Waals surface area contributed by atoms with Crippen LogP contribution in [-0.2, 0) is 11.3 Å². The number of carbonyl (C=O) groups is 2. The van der Waals surface area contributed by atoms with Gasteiger partial charge in [0.05, 0.1) is 16.8 Å². The highest BCUT2D eigenvalue weighted by Gasteiger charge is 2.15. The van der Waals surface area contributed by atoms with Gasteiger partial charge < -0.3 is 20.4 Å². The summed E-state index contributed by atoms with van der Waals surface area (Å²) in [4.78, 5) is 38.6. The zero-order valence-electron chi connectivity index (χ0n) is 16.2. The van der Waals surface area contributed by atoms with E-state index < -0.39 is 11.7 Å². The molecule has 0 spiro atoms. The first-order valence-corrected chi connectivity index (χ1v) is 9.93. The molecule has 8 nitrogen and oxygen atoms in total. The van der Waals surface area contributed by atoms with Gasteiger partial charge in [-0.2, -0.15) is 0 Å². The number of rotatable bonds is 8. The van der Waals surface area contributed by atoms with Crippen LogP contribution in [0, 0.1) is 0 Å². The van der Waals surface area contributed by atoms with Gasteiger partial charge in [0.15, 0.2) is 5.58 Å². The minimum atomic E-state index is -0.452. The summed E-state index contributed by atoms with van der Waals surface area (Å²) in [6.45, 7) is 1.15. The Hall–Kier alpha value is -3.04. The molecule has 9 heteroatoms. The standard InChI is InChI=1S/C20H22N4O4S/c1-23(2)9-10-24-15-11-13(7-8-16(15)28-20(24)27)22-19(26)14-5-3-4-6-17(14)29-12-18(21)25/h3-8,11H,9-10,12H2,1-2H3,(H2,21,25)(H,22,26). The van der Waals surface area contributed by atoms with Crippen molar-refractivity contribution in [2.24, 2.45) is 5.73 Å². The molecule has 2 amide bonds. The summed E-state index contributed by atoms with van der Waals surface area (Å²) in [5.41, 5.74) is 7.26. The van der Waals surface area contributed by atoms with Crippen molar-refractivity contribution in [3.8, 4) is 0 Å². The lowest BCUT2D eigenvalue weighted by Crippen LogP contribution is -2.23. The molecule has 0 aliphatic heterocycles. The summed E-state index contributed by atoms with van der Waals surface area (Å²) in [5, 5.41) is 2.84. The van der Waals surface area contributed by atoms with E-state index in [9.17, 15) is 14.4 Å². The number of oxazole rings is 1. The first-order valence-electron chi connectivity index (χ1n) is 8.95. The van der Waals surface area contributed by atoms with Gasteiger partial charge in [-0.25, -0.2) is 4.79 Å². The smallest absolute Gasteiger partial charge is 0.408 e. The molecular weight excluding hydrogens is 392 g/mol. The maximum absolute atomic E-state index is 12.8. The van der Waals surface area contributed by atoms with Crippen molar-refractivity contribution < 1.29 is 14.0 Å². The van der Waals surface area contributed by atoms with Crippen LogP contribution in [0.15, 0.2) is 56.6 Å². The van der Waals surface area contributed by atoms with Gasteiger partial charge in [-0.15, -0.1) is 11.8 Å². The van der Waals surface area contributed by atoms with Crippen LogP contribution in [0.4, 0.5) is 5.69 Å². The van der Waals surface area contributed by atoms with E-state index in [1.54, 1.807) is 47.0 Å². The third kappa shape index (κ3) is 5.07. The number of primary amides is 1. The van der Waals surface area contributed by atoms with Crippen LogP contribution >= 0.6 is 11.8 Å². The SMILES string of the molecule is CN(C)CCn1c(=O)oc2ccc(NC(=O)c3ccccc3SCC(N)=O)cc21. The number of nitrogens with one attached hydrogen (secondary N) is 1. The zero-order valence-corrected chi connectivity index (χ0v) is 17.0. The van der Waals surface area contributed by atoms with E-state index in [4.69, 9.17) is 10.2 Å². The van der Waals surface area contributed by atoms with Crippen molar-refractivity contribution >= 4 is 40.4 Å². The molecule has 2 aromatic carbocycles. The highest BCUT2D eigenvalue weighted by Crippen LogP contribution is 2.24. The minimum Gasteiger partial charge on any atom is -0.408 e. The summed E-state index contributed by atoms with van der Waals surface area (Å²) in [6.07, 6.45) is 0. The topological polar surface area (TPSA) is 111 Å². The molecular formula is C20H22N4O4S. The fourth-order valence-corrected chi connectivity index (χ4v) is 3.57. The molecule has 0 bridgehead atoms. The Bertz CT molecular complexity index is 1100. The Balaban J connectivity index is 1.85. The summed E-state index contributed by atoms with van der Waals surface area (Å²) in [6, 6.07) is 12.0. The second kappa shape index (κ2) is 8.97. The fraction of sp³-hybridized carbons (Fsp3) is 0.250. The van der Waals surface area contributed by atoms with Gasteiger partial charge in [0, 0.05) is 23.7 Å². The third-order valence-electron chi connectivity index (χ3n) is 4.20. The molecule has 1 heterocycles. The van der Waals surface area contributed by atoms with Gasteiger partial charge in [0.1, 0.15) is 0 Å². The summed E-state index contributed by atoms with van der Waals surface area (Å²) in [7, 11) is 3.85. The molecule has 0 saturated carbocycles. The molecule has 3 N–H and O–H groups in total. The van der Waals surface area contributed by atoms with E-state index in [1.807, 2.05) is 19.0 Å². The highest BCUT2D eigenvalue weighted by molar-refractivity contribution is 8.00. The molecule has 0 aliphatic rings. The Kier molecular flexibility index (Phi) is 6.40. The van der Waals surface area contributed by atoms with Crippen molar-refractivity contribution in [2.45, 2.75) is 11.4 Å². The third-order valence-corrected chi connectivity index (χ3v) is 5.29. The van der Waals surface area contributed by atoms with Crippen molar-refractivity contribution in [3.05, 3.63) is 58.6 Å². The second-order valence-electron chi connectivity index (χ2n) is 6.71. The summed E-state index contributed by atoms with van der Waals surface area (Å²) < 4.78 is 6.82. The average molecular weight is 414 g/mol. The van der Waals surface area contributed by atoms with E-state index in [0.29, 0.717) is 40.3 Å². The lowest BCUT2D eigenvalue weighted by Gasteiger charge is -2.11. The van der Waals surface area contributed by atoms with Gasteiger partial charge >= 0.3 is 5.76 Å². The van der Waals surface area contributed by atoms with Gasteiger partial charge in [-0.1, -0.05) is 12.1 Å². The van der Waals surface area contributed by atoms with Crippen molar-refractivity contribution in [1.29, 1.82) is 0 Å². The first kappa shape index (κ1) is 20.7. The van der Waals surface area contributed by atoms with Gasteiger partial charge in [-0.3, -0.25) is 14.2 Å². The number of benzene rings is 2. The zero-order chi connectivity index (χ0) is 21.0. The largest absolute Gasteiger partial charge is 0.419 e. The number of anilines is 1. The number of hydrogen-bond acceptors (Lipinski definition) is 6. The van der Waals surface area contributed by atoms with Crippen LogP contribution in [0.5, 0.6) is 0 Å². The summed E-state index contributed by atoms with van der Waals surface area (Å²) in [5.74, 6) is -1.11. The molecule has 29 heavy (non-hydrogen) atoms. The molecule has 3 aromatic rings. The monoisotopic (exact) mass is 414 g/mol. The number of likely N-dealkylation sites (N-methyl/N-ethyl adjacent to an activating group) is 1. The second-order valence-corrected chi connectivity index (χ2v) is 7.73. The Labute approximate surface area is 171 Å². The predicted octanol–water partition coefficient (Wildman–Crippen LogP) is 1.99. The number of nitrogens with zero attached hydrogens (tertiary/aromatic N) is 2. The van der Waals surface area contributed by atoms with E-state index in [0.717, 1.165) is 0 Å². The van der Waals surface area contributed by atoms with Crippen LogP contribution in [0.3, 0.4) is 0 Å². The molecule has 0 unspecified atom stereocenters. The molecule has 152 valence electrons. The number of thioether (sulfide) groups is 1. The number of aromatic nitrogens is 1. The number of carbonyl (C=O) groups excluding carboxylic acids is 2. The summed E-state index contributed by atoms with van der Waals surface area (Å²) >= 11 is 1.21. The molecule has 0 radical (unpaired) electrons. The average Bonchev–Trinajstić information content (AvgIpc) is 2.99. The van der Waals surface area contributed by atoms with Gasteiger partial charge in [0.2, 0.25) is 5.91 Å². The minimum absolute atomic E-state index is 0.0867. The molecule has 1 aromatic heterocycles. The maximum Gasteiger partial charge on any atom is 0.419 e. The van der Waals surface area contributed by atoms with Gasteiger partial charge in [-0.05, 0) is 44.4 Å². The lowest BCUT2D eigenvalue weighted by atomic mass is 10.2. The number of amides is 2. The van der Waals surface area contributed by atoms with Crippen LogP contribution in [0.1, 0.15) is 10.4 Å². The molecule has 0 fully saturated rings.